The monoisotopic (exact) mass is 341 g/mol. The average Bonchev–Trinajstić information content (AvgIpc) is 2.33. The maximum absolute atomic E-state index is 13.7. The molecule has 2 nitrogen and oxygen atoms in total. The van der Waals surface area contributed by atoms with Gasteiger partial charge in [-0.3, -0.25) is 4.79 Å². The maximum Gasteiger partial charge on any atom is 0.255 e. The Labute approximate surface area is 123 Å². The van der Waals surface area contributed by atoms with Crippen LogP contribution in [0.4, 0.5) is 10.1 Å². The molecule has 2 aromatic rings. The Morgan fingerprint density at radius 2 is 2.05 bits per heavy atom. The lowest BCUT2D eigenvalue weighted by Crippen LogP contribution is -2.13. The predicted molar refractivity (Wildman–Crippen MR) is 78.2 cm³/mol. The summed E-state index contributed by atoms with van der Waals surface area (Å²) in [6, 6.07) is 9.75. The van der Waals surface area contributed by atoms with Crippen LogP contribution in [-0.2, 0) is 0 Å². The second-order valence-electron chi connectivity index (χ2n) is 4.07. The summed E-state index contributed by atoms with van der Waals surface area (Å²) < 4.78 is 14.5. The van der Waals surface area contributed by atoms with Gasteiger partial charge < -0.3 is 5.32 Å². The third-order valence-corrected chi connectivity index (χ3v) is 3.25. The third-order valence-electron chi connectivity index (χ3n) is 2.50. The number of anilines is 1. The fraction of sp³-hybridized carbons (Fsp3) is 0.0714. The Kier molecular flexibility index (Phi) is 4.22. The van der Waals surface area contributed by atoms with Crippen LogP contribution in [0.1, 0.15) is 15.9 Å². The first-order chi connectivity index (χ1) is 8.97. The zero-order valence-corrected chi connectivity index (χ0v) is 12.3. The Hall–Kier alpha value is -1.39. The second-order valence-corrected chi connectivity index (χ2v) is 5.40. The number of hydrogen-bond acceptors (Lipinski definition) is 1. The van der Waals surface area contributed by atoms with E-state index in [1.165, 1.54) is 12.1 Å². The van der Waals surface area contributed by atoms with Crippen LogP contribution in [0.25, 0.3) is 0 Å². The number of carbonyl (C=O) groups is 1. The van der Waals surface area contributed by atoms with Crippen molar-refractivity contribution >= 4 is 39.1 Å². The quantitative estimate of drug-likeness (QED) is 0.834. The van der Waals surface area contributed by atoms with E-state index in [1.54, 1.807) is 18.2 Å². The summed E-state index contributed by atoms with van der Waals surface area (Å²) in [5.74, 6) is -1.02. The average molecular weight is 343 g/mol. The van der Waals surface area contributed by atoms with Crippen LogP contribution < -0.4 is 5.32 Å². The van der Waals surface area contributed by atoms with Crippen molar-refractivity contribution in [3.8, 4) is 0 Å². The summed E-state index contributed by atoms with van der Waals surface area (Å²) in [6.07, 6.45) is 0. The summed E-state index contributed by atoms with van der Waals surface area (Å²) in [6.45, 7) is 1.88. The molecule has 0 heterocycles. The number of hydrogen-bond donors (Lipinski definition) is 1. The minimum absolute atomic E-state index is 0.0248. The highest BCUT2D eigenvalue weighted by Crippen LogP contribution is 2.23. The fourth-order valence-corrected chi connectivity index (χ4v) is 2.44. The van der Waals surface area contributed by atoms with Gasteiger partial charge >= 0.3 is 0 Å². The molecule has 0 spiro atoms. The molecule has 0 aliphatic rings. The smallest absolute Gasteiger partial charge is 0.255 e. The van der Waals surface area contributed by atoms with Crippen molar-refractivity contribution < 1.29 is 9.18 Å². The number of halogens is 3. The molecule has 1 amide bonds. The molecule has 0 aromatic heterocycles. The molecule has 2 aromatic carbocycles. The van der Waals surface area contributed by atoms with Gasteiger partial charge in [0.1, 0.15) is 0 Å². The molecule has 0 saturated heterocycles. The first-order valence-corrected chi connectivity index (χ1v) is 6.67. The molecule has 0 aliphatic carbocycles. The van der Waals surface area contributed by atoms with Crippen LogP contribution in [0.15, 0.2) is 40.9 Å². The lowest BCUT2D eigenvalue weighted by Gasteiger charge is -2.08. The van der Waals surface area contributed by atoms with Crippen LogP contribution >= 0.6 is 27.5 Å². The normalized spacial score (nSPS) is 10.3. The first-order valence-electron chi connectivity index (χ1n) is 5.50. The third kappa shape index (κ3) is 3.33. The van der Waals surface area contributed by atoms with Crippen LogP contribution in [0.5, 0.6) is 0 Å². The number of rotatable bonds is 2. The van der Waals surface area contributed by atoms with E-state index in [4.69, 9.17) is 11.6 Å². The molecule has 2 rings (SSSR count). The van der Waals surface area contributed by atoms with Crippen LogP contribution in [0.2, 0.25) is 5.02 Å². The topological polar surface area (TPSA) is 29.1 Å². The van der Waals surface area contributed by atoms with Gasteiger partial charge in [0.25, 0.3) is 5.91 Å². The van der Waals surface area contributed by atoms with Crippen LogP contribution in [0.3, 0.4) is 0 Å². The van der Waals surface area contributed by atoms with Crippen LogP contribution in [0, 0.1) is 12.7 Å². The fourth-order valence-electron chi connectivity index (χ4n) is 1.66. The summed E-state index contributed by atoms with van der Waals surface area (Å²) >= 11 is 8.98. The molecular formula is C14H10BrClFNO. The van der Waals surface area contributed by atoms with Gasteiger partial charge in [0.2, 0.25) is 0 Å². The molecule has 0 fully saturated rings. The molecule has 98 valence electrons. The van der Waals surface area contributed by atoms with Gasteiger partial charge in [-0.2, -0.15) is 0 Å². The van der Waals surface area contributed by atoms with E-state index >= 15 is 0 Å². The van der Waals surface area contributed by atoms with Gasteiger partial charge in [-0.15, -0.1) is 0 Å². The van der Waals surface area contributed by atoms with E-state index in [-0.39, 0.29) is 16.6 Å². The number of benzene rings is 2. The molecule has 0 unspecified atom stereocenters. The van der Waals surface area contributed by atoms with Crippen molar-refractivity contribution in [2.24, 2.45) is 0 Å². The number of carbonyl (C=O) groups excluding carboxylic acids is 1. The van der Waals surface area contributed by atoms with Gasteiger partial charge in [-0.1, -0.05) is 33.6 Å². The lowest BCUT2D eigenvalue weighted by molar-refractivity contribution is 0.102. The maximum atomic E-state index is 13.7. The first kappa shape index (κ1) is 14.0. The van der Waals surface area contributed by atoms with Gasteiger partial charge in [0, 0.05) is 10.0 Å². The molecule has 19 heavy (non-hydrogen) atoms. The molecule has 0 radical (unpaired) electrons. The molecule has 1 N–H and O–H groups in total. The van der Waals surface area contributed by atoms with Gasteiger partial charge in [-0.25, -0.2) is 4.39 Å². The summed E-state index contributed by atoms with van der Waals surface area (Å²) in [4.78, 5) is 12.0. The highest BCUT2D eigenvalue weighted by atomic mass is 79.9. The van der Waals surface area contributed by atoms with Crippen molar-refractivity contribution in [1.82, 2.24) is 0 Å². The Morgan fingerprint density at radius 1 is 1.32 bits per heavy atom. The minimum atomic E-state index is -0.635. The van der Waals surface area contributed by atoms with Crippen molar-refractivity contribution in [1.29, 1.82) is 0 Å². The Bertz CT molecular complexity index is 625. The van der Waals surface area contributed by atoms with Crippen molar-refractivity contribution in [2.45, 2.75) is 6.92 Å². The lowest BCUT2D eigenvalue weighted by atomic mass is 10.1. The molecule has 0 atom stereocenters. The number of aryl methyl sites for hydroxylation is 1. The standard InChI is InChI=1S/C14H10BrClFNO/c1-8-5-9(7-10(15)6-8)14(19)18-12-4-2-3-11(16)13(12)17/h2-7H,1H3,(H,18,19). The van der Waals surface area contributed by atoms with Gasteiger partial charge in [0.05, 0.1) is 10.7 Å². The SMILES string of the molecule is Cc1cc(Br)cc(C(=O)Nc2cccc(Cl)c2F)c1. The van der Waals surface area contributed by atoms with Gasteiger partial charge in [-0.05, 0) is 42.8 Å². The predicted octanol–water partition coefficient (Wildman–Crippen LogP) is 4.80. The molecular weight excluding hydrogens is 333 g/mol. The summed E-state index contributed by atoms with van der Waals surface area (Å²) in [5, 5.41) is 2.48. The molecule has 0 bridgehead atoms. The highest BCUT2D eigenvalue weighted by Gasteiger charge is 2.12. The van der Waals surface area contributed by atoms with Crippen molar-refractivity contribution in [3.63, 3.8) is 0 Å². The zero-order chi connectivity index (χ0) is 14.0. The van der Waals surface area contributed by atoms with Crippen molar-refractivity contribution in [2.75, 3.05) is 5.32 Å². The van der Waals surface area contributed by atoms with E-state index in [0.717, 1.165) is 10.0 Å². The second kappa shape index (κ2) is 5.72. The summed E-state index contributed by atoms with van der Waals surface area (Å²) in [7, 11) is 0. The van der Waals surface area contributed by atoms with Crippen molar-refractivity contribution in [3.05, 3.63) is 62.8 Å². The van der Waals surface area contributed by atoms with E-state index in [1.807, 2.05) is 13.0 Å². The van der Waals surface area contributed by atoms with E-state index < -0.39 is 5.82 Å². The number of nitrogens with one attached hydrogen (secondary N) is 1. The molecule has 0 aliphatic heterocycles. The largest absolute Gasteiger partial charge is 0.319 e. The van der Waals surface area contributed by atoms with E-state index in [2.05, 4.69) is 21.2 Å². The summed E-state index contributed by atoms with van der Waals surface area (Å²) in [5.41, 5.74) is 1.45. The Balaban J connectivity index is 2.28. The van der Waals surface area contributed by atoms with Gasteiger partial charge in [0.15, 0.2) is 5.82 Å². The highest BCUT2D eigenvalue weighted by molar-refractivity contribution is 9.10. The van der Waals surface area contributed by atoms with E-state index in [9.17, 15) is 9.18 Å². The van der Waals surface area contributed by atoms with E-state index in [0.29, 0.717) is 5.56 Å². The van der Waals surface area contributed by atoms with Crippen LogP contribution in [-0.4, -0.2) is 5.91 Å². The Morgan fingerprint density at radius 3 is 2.74 bits per heavy atom. The number of amides is 1. The minimum Gasteiger partial charge on any atom is -0.319 e. The molecule has 5 heteroatoms. The zero-order valence-electron chi connectivity index (χ0n) is 10.0. The molecule has 0 saturated carbocycles.